The Labute approximate surface area is 251 Å². The number of aromatic nitrogens is 1. The van der Waals surface area contributed by atoms with Gasteiger partial charge in [-0.1, -0.05) is 29.9 Å². The van der Waals surface area contributed by atoms with Gasteiger partial charge >= 0.3 is 6.09 Å². The lowest BCUT2D eigenvalue weighted by Crippen LogP contribution is -2.42. The van der Waals surface area contributed by atoms with Crippen LogP contribution in [0.5, 0.6) is 11.5 Å². The molecule has 1 aliphatic carbocycles. The number of likely N-dealkylation sites (N-methyl/N-ethyl adjacent to an activating group) is 1. The summed E-state index contributed by atoms with van der Waals surface area (Å²) in [5, 5.41) is 11.4. The van der Waals surface area contributed by atoms with Crippen LogP contribution < -0.4 is 19.1 Å². The molecule has 0 saturated heterocycles. The van der Waals surface area contributed by atoms with E-state index in [9.17, 15) is 22.7 Å². The average molecular weight is 645 g/mol. The van der Waals surface area contributed by atoms with Crippen molar-refractivity contribution in [3.05, 3.63) is 58.1 Å². The maximum atomic E-state index is 15.5. The quantitative estimate of drug-likeness (QED) is 0.230. The Morgan fingerprint density at radius 3 is 2.52 bits per heavy atom. The van der Waals surface area contributed by atoms with Crippen LogP contribution in [0.3, 0.4) is 0 Å². The molecule has 1 atom stereocenters. The third kappa shape index (κ3) is 6.98. The minimum atomic E-state index is -4.67. The molecule has 4 rings (SSSR count). The van der Waals surface area contributed by atoms with Gasteiger partial charge in [-0.2, -0.15) is 4.39 Å². The Balaban J connectivity index is 1.65. The summed E-state index contributed by atoms with van der Waals surface area (Å²) in [6.45, 7) is 1.84. The van der Waals surface area contributed by atoms with Crippen LogP contribution in [0.15, 0.2) is 41.4 Å². The number of hydrogen-bond acceptors (Lipinski definition) is 8. The zero-order valence-electron chi connectivity index (χ0n) is 23.4. The number of halogens is 3. The fraction of sp³-hybridized carbons (Fsp3) is 0.407. The molecule has 1 amide bonds. The van der Waals surface area contributed by atoms with E-state index in [0.29, 0.717) is 34.8 Å². The number of carbonyl (C=O) groups is 1. The van der Waals surface area contributed by atoms with Crippen LogP contribution in [-0.2, 0) is 16.6 Å². The van der Waals surface area contributed by atoms with Crippen molar-refractivity contribution in [1.82, 2.24) is 9.88 Å². The number of carboxylic acid groups (broad SMARTS) is 1. The van der Waals surface area contributed by atoms with Gasteiger partial charge in [0.1, 0.15) is 22.2 Å². The number of amides is 1. The topological polar surface area (TPSA) is 121 Å². The lowest BCUT2D eigenvalue weighted by molar-refractivity contribution is 0.133. The monoisotopic (exact) mass is 644 g/mol. The molecule has 0 radical (unpaired) electrons. The van der Waals surface area contributed by atoms with Crippen LogP contribution in [0, 0.1) is 16.4 Å². The van der Waals surface area contributed by atoms with E-state index in [1.807, 2.05) is 0 Å². The van der Waals surface area contributed by atoms with E-state index in [2.05, 4.69) is 17.2 Å². The summed E-state index contributed by atoms with van der Waals surface area (Å²) < 4.78 is 68.6. The predicted octanol–water partition coefficient (Wildman–Crippen LogP) is 6.07. The first-order valence-electron chi connectivity index (χ1n) is 12.8. The lowest BCUT2D eigenvalue weighted by atomic mass is 9.98. The summed E-state index contributed by atoms with van der Waals surface area (Å²) in [5.74, 6) is -0.345. The third-order valence-electron chi connectivity index (χ3n) is 7.29. The van der Waals surface area contributed by atoms with Crippen molar-refractivity contribution in [3.8, 4) is 11.5 Å². The van der Waals surface area contributed by atoms with Gasteiger partial charge in [0.25, 0.3) is 10.0 Å². The first kappa shape index (κ1) is 31.6. The molecule has 0 spiro atoms. The Kier molecular flexibility index (Phi) is 9.38. The molecule has 0 bridgehead atoms. The van der Waals surface area contributed by atoms with Crippen LogP contribution >= 0.6 is 22.9 Å². The number of ether oxygens (including phenoxy) is 2. The smallest absolute Gasteiger partial charge is 0.407 e. The van der Waals surface area contributed by atoms with E-state index in [4.69, 9.17) is 21.1 Å². The number of methoxy groups -OCH3 is 2. The van der Waals surface area contributed by atoms with Gasteiger partial charge in [-0.25, -0.2) is 26.9 Å². The van der Waals surface area contributed by atoms with Gasteiger partial charge < -0.3 is 24.8 Å². The highest BCUT2D eigenvalue weighted by Gasteiger charge is 2.41. The van der Waals surface area contributed by atoms with Crippen molar-refractivity contribution in [2.75, 3.05) is 37.4 Å². The van der Waals surface area contributed by atoms with Crippen molar-refractivity contribution in [2.24, 2.45) is 5.41 Å². The van der Waals surface area contributed by atoms with Gasteiger partial charge in [0.15, 0.2) is 5.13 Å². The second-order valence-electron chi connectivity index (χ2n) is 10.3. The SMILES string of the molecule is COc1ccc(CN(c2ncc(F)s2)S(=O)(=O)c2cc(Cl)c(NCC(CC3(C)CC3)N(C)C(=O)O)cc2F)c(OC)c1. The van der Waals surface area contributed by atoms with Crippen molar-refractivity contribution >= 4 is 49.9 Å². The van der Waals surface area contributed by atoms with E-state index >= 15 is 4.39 Å². The van der Waals surface area contributed by atoms with Crippen LogP contribution in [0.25, 0.3) is 0 Å². The molecule has 2 aromatic carbocycles. The molecule has 1 heterocycles. The Hall–Kier alpha value is -3.36. The standard InChI is InChI=1S/C27H31ClF2N4O6S2/c1-27(7-8-27)12-17(33(2)26(35)36)13-31-21-11-20(29)23(10-19(21)28)42(37,38)34(25-32-14-24(30)41-25)15-16-5-6-18(39-3)9-22(16)40-4/h5-6,9-11,14,17,31H,7-8,12-13,15H2,1-4H3,(H,35,36). The zero-order chi connectivity index (χ0) is 30.8. The minimum absolute atomic E-state index is 0.0361. The van der Waals surface area contributed by atoms with E-state index < -0.39 is 38.0 Å². The van der Waals surface area contributed by atoms with Gasteiger partial charge in [-0.15, -0.1) is 0 Å². The molecule has 1 unspecified atom stereocenters. The van der Waals surface area contributed by atoms with E-state index in [1.165, 1.54) is 26.2 Å². The second-order valence-corrected chi connectivity index (χ2v) is 13.5. The molecule has 1 saturated carbocycles. The lowest BCUT2D eigenvalue weighted by Gasteiger charge is -2.29. The summed E-state index contributed by atoms with van der Waals surface area (Å²) in [5.41, 5.74) is 0.524. The Morgan fingerprint density at radius 2 is 1.95 bits per heavy atom. The van der Waals surface area contributed by atoms with Crippen LogP contribution in [0.4, 0.5) is 24.4 Å². The molecule has 228 valence electrons. The summed E-state index contributed by atoms with van der Waals surface area (Å²) >= 11 is 6.91. The van der Waals surface area contributed by atoms with Crippen LogP contribution in [0.2, 0.25) is 5.02 Å². The molecule has 1 aromatic heterocycles. The van der Waals surface area contributed by atoms with Gasteiger partial charge in [0.2, 0.25) is 5.13 Å². The molecule has 1 fully saturated rings. The minimum Gasteiger partial charge on any atom is -0.497 e. The number of nitrogens with one attached hydrogen (secondary N) is 1. The van der Waals surface area contributed by atoms with E-state index in [0.717, 1.165) is 35.5 Å². The molecule has 3 aromatic rings. The maximum Gasteiger partial charge on any atom is 0.407 e. The summed E-state index contributed by atoms with van der Waals surface area (Å²) in [6, 6.07) is 6.22. The highest BCUT2D eigenvalue weighted by Crippen LogP contribution is 2.49. The fourth-order valence-corrected chi connectivity index (χ4v) is 7.07. The largest absolute Gasteiger partial charge is 0.497 e. The highest BCUT2D eigenvalue weighted by atomic mass is 35.5. The predicted molar refractivity (Wildman–Crippen MR) is 156 cm³/mol. The first-order valence-corrected chi connectivity index (χ1v) is 15.4. The molecule has 10 nitrogen and oxygen atoms in total. The van der Waals surface area contributed by atoms with Gasteiger partial charge in [0, 0.05) is 25.2 Å². The van der Waals surface area contributed by atoms with Crippen molar-refractivity contribution < 1.29 is 36.6 Å². The number of nitrogens with zero attached hydrogens (tertiary/aromatic N) is 3. The number of sulfonamides is 1. The normalized spacial score (nSPS) is 14.6. The number of anilines is 2. The molecular formula is C27H31ClF2N4O6S2. The molecule has 0 aliphatic heterocycles. The molecule has 1 aliphatic rings. The summed E-state index contributed by atoms with van der Waals surface area (Å²) in [4.78, 5) is 15.9. The number of rotatable bonds is 13. The average Bonchev–Trinajstić information content (AvgIpc) is 3.53. The van der Waals surface area contributed by atoms with Gasteiger partial charge in [-0.3, -0.25) is 0 Å². The number of thiazole rings is 1. The third-order valence-corrected chi connectivity index (χ3v) is 10.3. The molecule has 2 N–H and O–H groups in total. The zero-order valence-corrected chi connectivity index (χ0v) is 25.7. The van der Waals surface area contributed by atoms with Gasteiger partial charge in [0.05, 0.1) is 43.7 Å². The Bertz CT molecular complexity index is 1570. The Morgan fingerprint density at radius 1 is 1.24 bits per heavy atom. The fourth-order valence-electron chi connectivity index (χ4n) is 4.45. The van der Waals surface area contributed by atoms with Crippen molar-refractivity contribution in [2.45, 2.75) is 43.7 Å². The summed E-state index contributed by atoms with van der Waals surface area (Å²) in [6.07, 6.45) is 2.35. The maximum absolute atomic E-state index is 15.5. The number of hydrogen-bond donors (Lipinski definition) is 2. The highest BCUT2D eigenvalue weighted by molar-refractivity contribution is 7.93. The molecule has 15 heteroatoms. The van der Waals surface area contributed by atoms with Crippen molar-refractivity contribution in [3.63, 3.8) is 0 Å². The van der Waals surface area contributed by atoms with Crippen molar-refractivity contribution in [1.29, 1.82) is 0 Å². The van der Waals surface area contributed by atoms with E-state index in [-0.39, 0.29) is 34.3 Å². The van der Waals surface area contributed by atoms with E-state index in [1.54, 1.807) is 18.2 Å². The molecule has 42 heavy (non-hydrogen) atoms. The number of benzene rings is 2. The van der Waals surface area contributed by atoms with Crippen LogP contribution in [-0.4, -0.2) is 63.4 Å². The van der Waals surface area contributed by atoms with Crippen LogP contribution in [0.1, 0.15) is 31.7 Å². The van der Waals surface area contributed by atoms with Gasteiger partial charge in [-0.05, 0) is 48.9 Å². The second kappa shape index (κ2) is 12.5. The molecular weight excluding hydrogens is 614 g/mol. The first-order chi connectivity index (χ1) is 19.8. The summed E-state index contributed by atoms with van der Waals surface area (Å²) in [7, 11) is -0.340.